The molecule has 1 unspecified atom stereocenters. The predicted molar refractivity (Wildman–Crippen MR) is 126 cm³/mol. The van der Waals surface area contributed by atoms with E-state index in [4.69, 9.17) is 24.7 Å². The molecule has 0 saturated carbocycles. The number of carbonyl (C=O) groups excluding carboxylic acids is 1. The van der Waals surface area contributed by atoms with Gasteiger partial charge in [0, 0.05) is 31.7 Å². The highest BCUT2D eigenvalue weighted by Gasteiger charge is 2.35. The molecule has 8 nitrogen and oxygen atoms in total. The van der Waals surface area contributed by atoms with Crippen LogP contribution in [0.4, 0.5) is 0 Å². The lowest BCUT2D eigenvalue weighted by Gasteiger charge is -2.37. The van der Waals surface area contributed by atoms with Gasteiger partial charge in [-0.3, -0.25) is 9.69 Å². The largest absolute Gasteiger partial charge is 0.492 e. The van der Waals surface area contributed by atoms with Crippen LogP contribution in [-0.2, 0) is 6.42 Å². The Bertz CT molecular complexity index is 979. The fraction of sp³-hybridized carbons (Fsp3) is 0.480. The van der Waals surface area contributed by atoms with Gasteiger partial charge in [-0.15, -0.1) is 0 Å². The van der Waals surface area contributed by atoms with E-state index in [2.05, 4.69) is 4.90 Å². The molecule has 1 amide bonds. The third-order valence-corrected chi connectivity index (χ3v) is 6.46. The molecule has 2 aromatic rings. The SMILES string of the molecule is COc1c(Oc2ccc(CCN)cc2)cc(C(=O)N2CCN3CCCC3C2)c(OC)c1OC. The fourth-order valence-electron chi connectivity index (χ4n) is 4.78. The van der Waals surface area contributed by atoms with Crippen molar-refractivity contribution in [3.05, 3.63) is 41.5 Å². The lowest BCUT2D eigenvalue weighted by atomic mass is 10.1. The Morgan fingerprint density at radius 3 is 2.39 bits per heavy atom. The first-order chi connectivity index (χ1) is 16.1. The maximum atomic E-state index is 13.6. The summed E-state index contributed by atoms with van der Waals surface area (Å²) in [5.74, 6) is 1.97. The Kier molecular flexibility index (Phi) is 7.25. The smallest absolute Gasteiger partial charge is 0.258 e. The van der Waals surface area contributed by atoms with Crippen molar-refractivity contribution < 1.29 is 23.7 Å². The number of ether oxygens (including phenoxy) is 4. The van der Waals surface area contributed by atoms with Gasteiger partial charge in [0.1, 0.15) is 5.75 Å². The van der Waals surface area contributed by atoms with Crippen molar-refractivity contribution in [1.29, 1.82) is 0 Å². The number of piperazine rings is 1. The minimum atomic E-state index is -0.0949. The van der Waals surface area contributed by atoms with E-state index in [-0.39, 0.29) is 5.91 Å². The van der Waals surface area contributed by atoms with Crippen molar-refractivity contribution in [2.45, 2.75) is 25.3 Å². The van der Waals surface area contributed by atoms with E-state index < -0.39 is 0 Å². The van der Waals surface area contributed by atoms with Crippen molar-refractivity contribution in [2.24, 2.45) is 5.73 Å². The van der Waals surface area contributed by atoms with Gasteiger partial charge in [0.25, 0.3) is 5.91 Å². The second kappa shape index (κ2) is 10.3. The molecule has 178 valence electrons. The molecule has 2 aliphatic heterocycles. The number of hydrogen-bond acceptors (Lipinski definition) is 7. The second-order valence-corrected chi connectivity index (χ2v) is 8.39. The van der Waals surface area contributed by atoms with Crippen LogP contribution in [0.3, 0.4) is 0 Å². The molecule has 0 aliphatic carbocycles. The molecule has 2 heterocycles. The van der Waals surface area contributed by atoms with E-state index >= 15 is 0 Å². The van der Waals surface area contributed by atoms with Gasteiger partial charge >= 0.3 is 0 Å². The van der Waals surface area contributed by atoms with Crippen molar-refractivity contribution in [2.75, 3.05) is 54.1 Å². The van der Waals surface area contributed by atoms with E-state index in [0.717, 1.165) is 38.0 Å². The fourth-order valence-corrected chi connectivity index (χ4v) is 4.78. The number of nitrogens with zero attached hydrogens (tertiary/aromatic N) is 2. The van der Waals surface area contributed by atoms with Crippen LogP contribution in [0, 0.1) is 0 Å². The normalized spacial score (nSPS) is 18.1. The minimum absolute atomic E-state index is 0.0949. The van der Waals surface area contributed by atoms with Gasteiger partial charge in [-0.25, -0.2) is 0 Å². The Labute approximate surface area is 195 Å². The molecule has 0 spiro atoms. The third kappa shape index (κ3) is 4.72. The summed E-state index contributed by atoms with van der Waals surface area (Å²) in [5, 5.41) is 0. The summed E-state index contributed by atoms with van der Waals surface area (Å²) in [7, 11) is 4.59. The van der Waals surface area contributed by atoms with Gasteiger partial charge in [0.15, 0.2) is 11.5 Å². The van der Waals surface area contributed by atoms with Crippen LogP contribution in [-0.4, -0.2) is 75.8 Å². The first kappa shape index (κ1) is 23.2. The maximum absolute atomic E-state index is 13.6. The molecule has 2 aliphatic rings. The molecule has 0 radical (unpaired) electrons. The van der Waals surface area contributed by atoms with Crippen LogP contribution in [0.2, 0.25) is 0 Å². The van der Waals surface area contributed by atoms with E-state index in [1.807, 2.05) is 29.2 Å². The standard InChI is InChI=1S/C25H33N3O5/c1-30-22-20(25(29)28-14-13-27-12-4-5-18(27)16-28)15-21(23(31-2)24(22)32-3)33-19-8-6-17(7-9-19)10-11-26/h6-9,15,18H,4-5,10-14,16,26H2,1-3H3. The molecule has 1 atom stereocenters. The quantitative estimate of drug-likeness (QED) is 0.655. The van der Waals surface area contributed by atoms with E-state index in [0.29, 0.717) is 53.4 Å². The zero-order chi connectivity index (χ0) is 23.4. The van der Waals surface area contributed by atoms with Crippen LogP contribution in [0.5, 0.6) is 28.7 Å². The summed E-state index contributed by atoms with van der Waals surface area (Å²) in [6, 6.07) is 9.82. The predicted octanol–water partition coefficient (Wildman–Crippen LogP) is 2.93. The molecule has 8 heteroatoms. The first-order valence-corrected chi connectivity index (χ1v) is 11.4. The summed E-state index contributed by atoms with van der Waals surface area (Å²) in [4.78, 5) is 18.0. The van der Waals surface area contributed by atoms with Gasteiger partial charge in [0.05, 0.1) is 26.9 Å². The second-order valence-electron chi connectivity index (χ2n) is 8.39. The lowest BCUT2D eigenvalue weighted by Crippen LogP contribution is -2.52. The first-order valence-electron chi connectivity index (χ1n) is 11.4. The average Bonchev–Trinajstić information content (AvgIpc) is 3.32. The number of methoxy groups -OCH3 is 3. The third-order valence-electron chi connectivity index (χ3n) is 6.46. The van der Waals surface area contributed by atoms with Crippen molar-refractivity contribution in [1.82, 2.24) is 9.80 Å². The van der Waals surface area contributed by atoms with Crippen LogP contribution < -0.4 is 24.7 Å². The number of amides is 1. The molecule has 33 heavy (non-hydrogen) atoms. The van der Waals surface area contributed by atoms with Gasteiger partial charge in [-0.1, -0.05) is 12.1 Å². The Hall–Kier alpha value is -2.97. The highest BCUT2D eigenvalue weighted by molar-refractivity contribution is 5.99. The lowest BCUT2D eigenvalue weighted by molar-refractivity contribution is 0.0567. The van der Waals surface area contributed by atoms with E-state index in [1.165, 1.54) is 27.8 Å². The summed E-state index contributed by atoms with van der Waals surface area (Å²) in [5.41, 5.74) is 7.17. The Balaban J connectivity index is 1.68. The van der Waals surface area contributed by atoms with E-state index in [1.54, 1.807) is 6.07 Å². The zero-order valence-electron chi connectivity index (χ0n) is 19.6. The molecular weight excluding hydrogens is 422 g/mol. The summed E-state index contributed by atoms with van der Waals surface area (Å²) in [6.45, 7) is 4.00. The van der Waals surface area contributed by atoms with Gasteiger partial charge in [0.2, 0.25) is 11.5 Å². The monoisotopic (exact) mass is 455 g/mol. The maximum Gasteiger partial charge on any atom is 0.258 e. The highest BCUT2D eigenvalue weighted by atomic mass is 16.5. The van der Waals surface area contributed by atoms with Crippen LogP contribution in [0.1, 0.15) is 28.8 Å². The zero-order valence-corrected chi connectivity index (χ0v) is 19.6. The Morgan fingerprint density at radius 1 is 1.00 bits per heavy atom. The summed E-state index contributed by atoms with van der Waals surface area (Å²) < 4.78 is 23.0. The molecule has 2 fully saturated rings. The molecule has 2 saturated heterocycles. The van der Waals surface area contributed by atoms with Gasteiger partial charge < -0.3 is 29.6 Å². The number of fused-ring (bicyclic) bond motifs is 1. The van der Waals surface area contributed by atoms with Crippen LogP contribution in [0.15, 0.2) is 30.3 Å². The Morgan fingerprint density at radius 2 is 1.73 bits per heavy atom. The van der Waals surface area contributed by atoms with Crippen LogP contribution in [0.25, 0.3) is 0 Å². The number of benzene rings is 2. The average molecular weight is 456 g/mol. The summed E-state index contributed by atoms with van der Waals surface area (Å²) >= 11 is 0. The van der Waals surface area contributed by atoms with E-state index in [9.17, 15) is 4.79 Å². The van der Waals surface area contributed by atoms with Crippen LogP contribution >= 0.6 is 0 Å². The van der Waals surface area contributed by atoms with Crippen molar-refractivity contribution in [3.8, 4) is 28.7 Å². The summed E-state index contributed by atoms with van der Waals surface area (Å²) in [6.07, 6.45) is 3.11. The number of nitrogens with two attached hydrogens (primary N) is 1. The molecule has 0 aromatic heterocycles. The van der Waals surface area contributed by atoms with Crippen molar-refractivity contribution >= 4 is 5.91 Å². The van der Waals surface area contributed by atoms with Crippen molar-refractivity contribution in [3.63, 3.8) is 0 Å². The molecular formula is C25H33N3O5. The van der Waals surface area contributed by atoms with Gasteiger partial charge in [-0.05, 0) is 50.0 Å². The van der Waals surface area contributed by atoms with Gasteiger partial charge in [-0.2, -0.15) is 0 Å². The molecule has 2 aromatic carbocycles. The number of carbonyl (C=O) groups is 1. The molecule has 2 N–H and O–H groups in total. The number of hydrogen-bond donors (Lipinski definition) is 1. The topological polar surface area (TPSA) is 86.5 Å². The number of rotatable bonds is 8. The minimum Gasteiger partial charge on any atom is -0.492 e. The highest BCUT2D eigenvalue weighted by Crippen LogP contribution is 2.48. The molecule has 4 rings (SSSR count). The molecule has 0 bridgehead atoms.